The van der Waals surface area contributed by atoms with Gasteiger partial charge in [-0.05, 0) is 12.1 Å². The number of H-pyrrole nitrogens is 1. The third kappa shape index (κ3) is 1.98. The van der Waals surface area contributed by atoms with Crippen LogP contribution in [0.5, 0.6) is 0 Å². The third-order valence-electron chi connectivity index (χ3n) is 2.08. The Morgan fingerprint density at radius 3 is 2.87 bits per heavy atom. The van der Waals surface area contributed by atoms with E-state index in [1.54, 1.807) is 18.4 Å². The van der Waals surface area contributed by atoms with E-state index < -0.39 is 0 Å². The molecule has 0 bridgehead atoms. The maximum absolute atomic E-state index is 11.4. The molecule has 4 nitrogen and oxygen atoms in total. The van der Waals surface area contributed by atoms with Gasteiger partial charge in [0.25, 0.3) is 5.56 Å². The quantitative estimate of drug-likeness (QED) is 0.815. The van der Waals surface area contributed by atoms with Crippen molar-refractivity contribution in [3.05, 3.63) is 40.6 Å². The number of aromatic nitrogens is 2. The fourth-order valence-electron chi connectivity index (χ4n) is 1.30. The van der Waals surface area contributed by atoms with Crippen molar-refractivity contribution in [1.82, 2.24) is 9.97 Å². The lowest BCUT2D eigenvalue weighted by Crippen LogP contribution is -2.11. The van der Waals surface area contributed by atoms with Crippen LogP contribution in [0.1, 0.15) is 25.6 Å². The minimum atomic E-state index is -0.153. The molecule has 0 atom stereocenters. The highest BCUT2D eigenvalue weighted by atomic mass is 16.3. The van der Waals surface area contributed by atoms with Crippen LogP contribution >= 0.6 is 0 Å². The Morgan fingerprint density at radius 2 is 2.27 bits per heavy atom. The van der Waals surface area contributed by atoms with Crippen LogP contribution in [-0.2, 0) is 0 Å². The van der Waals surface area contributed by atoms with E-state index in [-0.39, 0.29) is 11.5 Å². The largest absolute Gasteiger partial charge is 0.463 e. The molecule has 0 aliphatic carbocycles. The van der Waals surface area contributed by atoms with Crippen molar-refractivity contribution in [1.29, 1.82) is 0 Å². The van der Waals surface area contributed by atoms with E-state index in [2.05, 4.69) is 9.97 Å². The molecule has 2 rings (SSSR count). The highest BCUT2D eigenvalue weighted by Gasteiger charge is 2.08. The van der Waals surface area contributed by atoms with Gasteiger partial charge in [-0.3, -0.25) is 4.79 Å². The molecule has 0 radical (unpaired) electrons. The number of nitrogens with zero attached hydrogens (tertiary/aromatic N) is 1. The lowest BCUT2D eigenvalue weighted by atomic mass is 10.2. The Labute approximate surface area is 87.0 Å². The average molecular weight is 204 g/mol. The van der Waals surface area contributed by atoms with Crippen LogP contribution in [0.2, 0.25) is 0 Å². The molecule has 2 heterocycles. The van der Waals surface area contributed by atoms with Crippen molar-refractivity contribution in [2.75, 3.05) is 0 Å². The van der Waals surface area contributed by atoms with Gasteiger partial charge in [0, 0.05) is 12.0 Å². The molecule has 0 amide bonds. The lowest BCUT2D eigenvalue weighted by molar-refractivity contribution is 0.578. The molecule has 2 aromatic rings. The van der Waals surface area contributed by atoms with Crippen LogP contribution < -0.4 is 5.56 Å². The number of nitrogens with one attached hydrogen (secondary N) is 1. The van der Waals surface area contributed by atoms with Crippen molar-refractivity contribution < 1.29 is 4.42 Å². The monoisotopic (exact) mass is 204 g/mol. The second-order valence-corrected chi connectivity index (χ2v) is 3.65. The molecular weight excluding hydrogens is 192 g/mol. The Bertz CT molecular complexity index is 498. The van der Waals surface area contributed by atoms with Gasteiger partial charge in [-0.25, -0.2) is 4.98 Å². The summed E-state index contributed by atoms with van der Waals surface area (Å²) in [4.78, 5) is 18.4. The van der Waals surface area contributed by atoms with E-state index in [0.29, 0.717) is 17.3 Å². The highest BCUT2D eigenvalue weighted by Crippen LogP contribution is 2.17. The summed E-state index contributed by atoms with van der Waals surface area (Å²) in [5, 5.41) is 0. The van der Waals surface area contributed by atoms with Crippen LogP contribution in [0.25, 0.3) is 11.5 Å². The molecule has 0 saturated heterocycles. The summed E-state index contributed by atoms with van der Waals surface area (Å²) in [5.74, 6) is 1.48. The van der Waals surface area contributed by atoms with Gasteiger partial charge in [0.05, 0.1) is 6.26 Å². The van der Waals surface area contributed by atoms with Crippen molar-refractivity contribution in [3.8, 4) is 11.5 Å². The summed E-state index contributed by atoms with van der Waals surface area (Å²) in [7, 11) is 0. The Kier molecular flexibility index (Phi) is 2.41. The summed E-state index contributed by atoms with van der Waals surface area (Å²) < 4.78 is 5.19. The molecule has 1 N–H and O–H groups in total. The molecule has 0 fully saturated rings. The first kappa shape index (κ1) is 9.71. The molecular formula is C11H12N2O2. The van der Waals surface area contributed by atoms with Gasteiger partial charge in [-0.2, -0.15) is 0 Å². The van der Waals surface area contributed by atoms with E-state index >= 15 is 0 Å². The number of hydrogen-bond acceptors (Lipinski definition) is 3. The molecule has 15 heavy (non-hydrogen) atoms. The molecule has 0 aliphatic heterocycles. The van der Waals surface area contributed by atoms with Gasteiger partial charge in [0.15, 0.2) is 5.76 Å². The zero-order valence-electron chi connectivity index (χ0n) is 8.65. The molecule has 0 aliphatic rings. The average Bonchev–Trinajstić information content (AvgIpc) is 2.69. The van der Waals surface area contributed by atoms with Crippen LogP contribution in [0.15, 0.2) is 33.7 Å². The molecule has 0 spiro atoms. The summed E-state index contributed by atoms with van der Waals surface area (Å²) in [5.41, 5.74) is 0.424. The standard InChI is InChI=1S/C11H12N2O2/c1-7(2)11-12-8(6-10(14)13-11)9-4-3-5-15-9/h3-7H,1-2H3,(H,12,13,14). The molecule has 0 unspecified atom stereocenters. The first-order valence-corrected chi connectivity index (χ1v) is 4.82. The summed E-state index contributed by atoms with van der Waals surface area (Å²) in [6, 6.07) is 4.99. The zero-order valence-corrected chi connectivity index (χ0v) is 8.65. The Morgan fingerprint density at radius 1 is 1.47 bits per heavy atom. The third-order valence-corrected chi connectivity index (χ3v) is 2.08. The summed E-state index contributed by atoms with van der Waals surface area (Å²) in [6.07, 6.45) is 1.56. The predicted octanol–water partition coefficient (Wildman–Crippen LogP) is 2.15. The van der Waals surface area contributed by atoms with E-state index in [1.807, 2.05) is 13.8 Å². The van der Waals surface area contributed by atoms with Gasteiger partial charge in [0.1, 0.15) is 11.5 Å². The van der Waals surface area contributed by atoms with Crippen molar-refractivity contribution in [2.24, 2.45) is 0 Å². The second-order valence-electron chi connectivity index (χ2n) is 3.65. The van der Waals surface area contributed by atoms with Crippen LogP contribution in [-0.4, -0.2) is 9.97 Å². The molecule has 78 valence electrons. The summed E-state index contributed by atoms with van der Waals surface area (Å²) >= 11 is 0. The topological polar surface area (TPSA) is 58.9 Å². The minimum absolute atomic E-state index is 0.153. The van der Waals surface area contributed by atoms with Gasteiger partial charge in [-0.1, -0.05) is 13.8 Å². The molecule has 0 saturated carbocycles. The van der Waals surface area contributed by atoms with E-state index in [0.717, 1.165) is 0 Å². The van der Waals surface area contributed by atoms with Gasteiger partial charge in [0.2, 0.25) is 0 Å². The van der Waals surface area contributed by atoms with E-state index in [4.69, 9.17) is 4.42 Å². The fraction of sp³-hybridized carbons (Fsp3) is 0.273. The SMILES string of the molecule is CC(C)c1nc(-c2ccco2)cc(=O)[nH]1. The van der Waals surface area contributed by atoms with E-state index in [9.17, 15) is 4.79 Å². The lowest BCUT2D eigenvalue weighted by Gasteiger charge is -2.04. The van der Waals surface area contributed by atoms with Crippen LogP contribution in [0.4, 0.5) is 0 Å². The Balaban J connectivity index is 2.54. The fourth-order valence-corrected chi connectivity index (χ4v) is 1.30. The van der Waals surface area contributed by atoms with Crippen molar-refractivity contribution in [3.63, 3.8) is 0 Å². The van der Waals surface area contributed by atoms with Crippen LogP contribution in [0, 0.1) is 0 Å². The first-order chi connectivity index (χ1) is 7.16. The van der Waals surface area contributed by atoms with Crippen molar-refractivity contribution >= 4 is 0 Å². The summed E-state index contributed by atoms with van der Waals surface area (Å²) in [6.45, 7) is 3.95. The van der Waals surface area contributed by atoms with E-state index in [1.165, 1.54) is 6.07 Å². The second kappa shape index (κ2) is 3.73. The van der Waals surface area contributed by atoms with Gasteiger partial charge < -0.3 is 9.40 Å². The number of aromatic amines is 1. The zero-order chi connectivity index (χ0) is 10.8. The van der Waals surface area contributed by atoms with Crippen LogP contribution in [0.3, 0.4) is 0 Å². The number of rotatable bonds is 2. The maximum Gasteiger partial charge on any atom is 0.251 e. The Hall–Kier alpha value is -1.84. The minimum Gasteiger partial charge on any atom is -0.463 e. The van der Waals surface area contributed by atoms with Gasteiger partial charge >= 0.3 is 0 Å². The molecule has 0 aromatic carbocycles. The molecule has 4 heteroatoms. The molecule has 2 aromatic heterocycles. The number of furan rings is 1. The van der Waals surface area contributed by atoms with Crippen molar-refractivity contribution in [2.45, 2.75) is 19.8 Å². The number of hydrogen-bond donors (Lipinski definition) is 1. The smallest absolute Gasteiger partial charge is 0.251 e. The maximum atomic E-state index is 11.4. The van der Waals surface area contributed by atoms with Gasteiger partial charge in [-0.15, -0.1) is 0 Å². The normalized spacial score (nSPS) is 10.9. The predicted molar refractivity (Wildman–Crippen MR) is 56.6 cm³/mol. The highest BCUT2D eigenvalue weighted by molar-refractivity contribution is 5.50. The first-order valence-electron chi connectivity index (χ1n) is 4.82.